The smallest absolute Gasteiger partial charge is 0.244 e. The molecule has 2 aromatic carbocycles. The third-order valence-corrected chi connectivity index (χ3v) is 4.15. The number of aryl methyl sites for hydroxylation is 1. The fourth-order valence-electron chi connectivity index (χ4n) is 2.71. The lowest BCUT2D eigenvalue weighted by Crippen LogP contribution is -2.31. The molecule has 1 unspecified atom stereocenters. The molecule has 0 aliphatic carbocycles. The average Bonchev–Trinajstić information content (AvgIpc) is 3.15. The Labute approximate surface area is 154 Å². The van der Waals surface area contributed by atoms with Crippen LogP contribution in [-0.4, -0.2) is 21.7 Å². The number of amides is 1. The van der Waals surface area contributed by atoms with E-state index in [0.29, 0.717) is 0 Å². The predicted octanol–water partition coefficient (Wildman–Crippen LogP) is 4.02. The van der Waals surface area contributed by atoms with Crippen molar-refractivity contribution in [3.63, 3.8) is 0 Å². The summed E-state index contributed by atoms with van der Waals surface area (Å²) in [5.41, 5.74) is 3.17. The van der Waals surface area contributed by atoms with E-state index in [9.17, 15) is 4.79 Å². The lowest BCUT2D eigenvalue weighted by Gasteiger charge is -2.12. The van der Waals surface area contributed by atoms with Crippen LogP contribution in [0.2, 0.25) is 0 Å². The summed E-state index contributed by atoms with van der Waals surface area (Å²) in [6, 6.07) is 20.3. The van der Waals surface area contributed by atoms with Crippen LogP contribution in [0.4, 0.5) is 0 Å². The topological polar surface area (TPSA) is 46.9 Å². The van der Waals surface area contributed by atoms with Gasteiger partial charge >= 0.3 is 0 Å². The van der Waals surface area contributed by atoms with Gasteiger partial charge in [0.1, 0.15) is 0 Å². The first-order valence-electron chi connectivity index (χ1n) is 8.83. The molecule has 0 bridgehead atoms. The predicted molar refractivity (Wildman–Crippen MR) is 105 cm³/mol. The van der Waals surface area contributed by atoms with Crippen LogP contribution in [0.25, 0.3) is 11.8 Å². The number of nitrogens with zero attached hydrogens (tertiary/aromatic N) is 2. The molecule has 1 aromatic heterocycles. The SMILES string of the molecule is CC(CCc1ccccc1)NC(=O)/C=C/c1cnn(-c2ccccc2)c1. The molecule has 1 amide bonds. The van der Waals surface area contributed by atoms with Gasteiger partial charge in [-0.3, -0.25) is 4.79 Å². The highest BCUT2D eigenvalue weighted by molar-refractivity contribution is 5.91. The molecule has 0 saturated carbocycles. The van der Waals surface area contributed by atoms with E-state index >= 15 is 0 Å². The van der Waals surface area contributed by atoms with Crippen molar-refractivity contribution in [3.8, 4) is 5.69 Å². The van der Waals surface area contributed by atoms with Crippen molar-refractivity contribution < 1.29 is 4.79 Å². The molecule has 0 radical (unpaired) electrons. The summed E-state index contributed by atoms with van der Waals surface area (Å²) < 4.78 is 1.79. The molecule has 0 fully saturated rings. The fourth-order valence-corrected chi connectivity index (χ4v) is 2.71. The van der Waals surface area contributed by atoms with Gasteiger partial charge in [0.05, 0.1) is 11.9 Å². The van der Waals surface area contributed by atoms with Gasteiger partial charge in [-0.2, -0.15) is 5.10 Å². The largest absolute Gasteiger partial charge is 0.350 e. The Hall–Kier alpha value is -3.14. The maximum absolute atomic E-state index is 12.1. The molecular formula is C22H23N3O. The van der Waals surface area contributed by atoms with E-state index in [2.05, 4.69) is 22.5 Å². The van der Waals surface area contributed by atoms with Gasteiger partial charge < -0.3 is 5.32 Å². The summed E-state index contributed by atoms with van der Waals surface area (Å²) in [6.07, 6.45) is 8.86. The Kier molecular flexibility index (Phi) is 5.99. The molecule has 4 heteroatoms. The van der Waals surface area contributed by atoms with Crippen molar-refractivity contribution in [2.24, 2.45) is 0 Å². The number of carbonyl (C=O) groups excluding carboxylic acids is 1. The number of nitrogens with one attached hydrogen (secondary N) is 1. The van der Waals surface area contributed by atoms with Gasteiger partial charge in [0.15, 0.2) is 0 Å². The Bertz CT molecular complexity index is 853. The molecule has 1 atom stereocenters. The second-order valence-electron chi connectivity index (χ2n) is 6.32. The lowest BCUT2D eigenvalue weighted by molar-refractivity contribution is -0.117. The van der Waals surface area contributed by atoms with Crippen LogP contribution in [0.15, 0.2) is 79.1 Å². The third-order valence-electron chi connectivity index (χ3n) is 4.15. The highest BCUT2D eigenvalue weighted by atomic mass is 16.1. The van der Waals surface area contributed by atoms with Crippen LogP contribution in [0.5, 0.6) is 0 Å². The van der Waals surface area contributed by atoms with Crippen molar-refractivity contribution in [3.05, 3.63) is 90.3 Å². The van der Waals surface area contributed by atoms with Crippen LogP contribution in [0.3, 0.4) is 0 Å². The Morgan fingerprint density at radius 2 is 1.81 bits per heavy atom. The molecule has 1 heterocycles. The van der Waals surface area contributed by atoms with Crippen molar-refractivity contribution in [2.75, 3.05) is 0 Å². The van der Waals surface area contributed by atoms with Crippen LogP contribution < -0.4 is 5.32 Å². The number of rotatable bonds is 7. The standard InChI is InChI=1S/C22H23N3O/c1-18(12-13-19-8-4-2-5-9-19)24-22(26)15-14-20-16-23-25(17-20)21-10-6-3-7-11-21/h2-11,14-18H,12-13H2,1H3,(H,24,26)/b15-14+. The van der Waals surface area contributed by atoms with Crippen LogP contribution >= 0.6 is 0 Å². The quantitative estimate of drug-likeness (QED) is 0.657. The molecule has 0 aliphatic rings. The van der Waals surface area contributed by atoms with Gasteiger partial charge in [0, 0.05) is 23.9 Å². The zero-order valence-electron chi connectivity index (χ0n) is 14.9. The first-order valence-corrected chi connectivity index (χ1v) is 8.83. The maximum Gasteiger partial charge on any atom is 0.244 e. The first-order chi connectivity index (χ1) is 12.7. The van der Waals surface area contributed by atoms with Crippen molar-refractivity contribution in [1.82, 2.24) is 15.1 Å². The zero-order chi connectivity index (χ0) is 18.2. The fraction of sp³-hybridized carbons (Fsp3) is 0.182. The summed E-state index contributed by atoms with van der Waals surface area (Å²) >= 11 is 0. The average molecular weight is 345 g/mol. The molecule has 0 spiro atoms. The molecule has 132 valence electrons. The molecule has 4 nitrogen and oxygen atoms in total. The van der Waals surface area contributed by atoms with Crippen molar-refractivity contribution in [2.45, 2.75) is 25.8 Å². The van der Waals surface area contributed by atoms with Crippen molar-refractivity contribution in [1.29, 1.82) is 0 Å². The molecule has 3 aromatic rings. The molecule has 3 rings (SSSR count). The third kappa shape index (κ3) is 5.18. The highest BCUT2D eigenvalue weighted by Crippen LogP contribution is 2.09. The van der Waals surface area contributed by atoms with Gasteiger partial charge in [-0.25, -0.2) is 4.68 Å². The maximum atomic E-state index is 12.1. The summed E-state index contributed by atoms with van der Waals surface area (Å²) in [5, 5.41) is 7.33. The molecular weight excluding hydrogens is 322 g/mol. The van der Waals surface area contributed by atoms with Gasteiger partial charge in [0.25, 0.3) is 0 Å². The van der Waals surface area contributed by atoms with E-state index in [-0.39, 0.29) is 11.9 Å². The first kappa shape index (κ1) is 17.7. The molecule has 1 N–H and O–H groups in total. The van der Waals surface area contributed by atoms with Gasteiger partial charge in [-0.1, -0.05) is 48.5 Å². The number of carbonyl (C=O) groups is 1. The normalized spacial score (nSPS) is 12.2. The van der Waals surface area contributed by atoms with Crippen LogP contribution in [0, 0.1) is 0 Å². The number of hydrogen-bond donors (Lipinski definition) is 1. The minimum Gasteiger partial charge on any atom is -0.350 e. The van der Waals surface area contributed by atoms with Gasteiger partial charge in [-0.15, -0.1) is 0 Å². The molecule has 26 heavy (non-hydrogen) atoms. The van der Waals surface area contributed by atoms with Crippen molar-refractivity contribution >= 4 is 12.0 Å². The van der Waals surface area contributed by atoms with E-state index in [0.717, 1.165) is 24.1 Å². The van der Waals surface area contributed by atoms with E-state index < -0.39 is 0 Å². The van der Waals surface area contributed by atoms with Gasteiger partial charge in [0.2, 0.25) is 5.91 Å². The lowest BCUT2D eigenvalue weighted by atomic mass is 10.1. The van der Waals surface area contributed by atoms with Crippen LogP contribution in [-0.2, 0) is 11.2 Å². The number of benzene rings is 2. The second-order valence-corrected chi connectivity index (χ2v) is 6.32. The Morgan fingerprint density at radius 3 is 2.54 bits per heavy atom. The zero-order valence-corrected chi connectivity index (χ0v) is 14.9. The summed E-state index contributed by atoms with van der Waals surface area (Å²) in [7, 11) is 0. The van der Waals surface area contributed by atoms with Gasteiger partial charge in [-0.05, 0) is 43.5 Å². The minimum atomic E-state index is -0.0852. The Balaban J connectivity index is 1.49. The highest BCUT2D eigenvalue weighted by Gasteiger charge is 2.05. The molecule has 0 saturated heterocycles. The summed E-state index contributed by atoms with van der Waals surface area (Å²) in [5.74, 6) is -0.0852. The summed E-state index contributed by atoms with van der Waals surface area (Å²) in [4.78, 5) is 12.1. The van der Waals surface area contributed by atoms with E-state index in [4.69, 9.17) is 0 Å². The van der Waals surface area contributed by atoms with E-state index in [1.54, 1.807) is 23.0 Å². The van der Waals surface area contributed by atoms with E-state index in [1.807, 2.05) is 61.7 Å². The second kappa shape index (κ2) is 8.81. The number of para-hydroxylation sites is 1. The number of hydrogen-bond acceptors (Lipinski definition) is 2. The van der Waals surface area contributed by atoms with E-state index in [1.165, 1.54) is 5.56 Å². The monoisotopic (exact) mass is 345 g/mol. The molecule has 0 aliphatic heterocycles. The number of aromatic nitrogens is 2. The summed E-state index contributed by atoms with van der Waals surface area (Å²) in [6.45, 7) is 2.03. The Morgan fingerprint density at radius 1 is 1.12 bits per heavy atom. The minimum absolute atomic E-state index is 0.0852. The van der Waals surface area contributed by atoms with Crippen LogP contribution in [0.1, 0.15) is 24.5 Å².